The van der Waals surface area contributed by atoms with Gasteiger partial charge in [-0.25, -0.2) is 0 Å². The Kier molecular flexibility index (Phi) is 5.07. The maximum absolute atomic E-state index is 13.0. The van der Waals surface area contributed by atoms with Gasteiger partial charge in [0.2, 0.25) is 5.91 Å². The lowest BCUT2D eigenvalue weighted by Crippen LogP contribution is -2.51. The van der Waals surface area contributed by atoms with Crippen molar-refractivity contribution in [2.45, 2.75) is 19.8 Å². The van der Waals surface area contributed by atoms with Gasteiger partial charge in [0.1, 0.15) is 5.75 Å². The minimum atomic E-state index is -0.167. The third-order valence-electron chi connectivity index (χ3n) is 5.85. The van der Waals surface area contributed by atoms with E-state index < -0.39 is 0 Å². The number of hydrogen-bond acceptors (Lipinski definition) is 3. The Bertz CT molecular complexity index is 873. The molecule has 2 atom stereocenters. The number of benzene rings is 2. The average Bonchev–Trinajstić information content (AvgIpc) is 3.46. The zero-order valence-corrected chi connectivity index (χ0v) is 16.2. The van der Waals surface area contributed by atoms with E-state index in [1.54, 1.807) is 17.0 Å². The third kappa shape index (κ3) is 3.88. The molecule has 2 amide bonds. The monoisotopic (exact) mass is 378 g/mol. The van der Waals surface area contributed by atoms with Crippen molar-refractivity contribution in [1.82, 2.24) is 9.80 Å². The normalized spacial score (nSPS) is 21.5. The summed E-state index contributed by atoms with van der Waals surface area (Å²) in [7, 11) is 0. The molecule has 5 nitrogen and oxygen atoms in total. The number of hydrogen-bond donors (Lipinski definition) is 1. The molecule has 146 valence electrons. The van der Waals surface area contributed by atoms with Crippen molar-refractivity contribution in [3.8, 4) is 5.75 Å². The highest BCUT2D eigenvalue weighted by atomic mass is 16.3. The van der Waals surface area contributed by atoms with Gasteiger partial charge in [-0.3, -0.25) is 9.59 Å². The number of aromatic hydroxyl groups is 1. The molecule has 0 radical (unpaired) electrons. The van der Waals surface area contributed by atoms with Gasteiger partial charge in [-0.15, -0.1) is 0 Å². The van der Waals surface area contributed by atoms with E-state index in [0.717, 1.165) is 17.5 Å². The van der Waals surface area contributed by atoms with E-state index in [4.69, 9.17) is 0 Å². The van der Waals surface area contributed by atoms with E-state index in [0.29, 0.717) is 44.1 Å². The quantitative estimate of drug-likeness (QED) is 0.890. The predicted octanol–water partition coefficient (Wildman–Crippen LogP) is 2.92. The van der Waals surface area contributed by atoms with Crippen LogP contribution in [0.4, 0.5) is 0 Å². The van der Waals surface area contributed by atoms with Crippen molar-refractivity contribution >= 4 is 11.8 Å². The molecular weight excluding hydrogens is 352 g/mol. The summed E-state index contributed by atoms with van der Waals surface area (Å²) in [6, 6.07) is 15.3. The van der Waals surface area contributed by atoms with Crippen LogP contribution in [0.1, 0.15) is 34.8 Å². The van der Waals surface area contributed by atoms with E-state index in [1.165, 1.54) is 0 Å². The van der Waals surface area contributed by atoms with Crippen LogP contribution in [0.15, 0.2) is 48.5 Å². The summed E-state index contributed by atoms with van der Waals surface area (Å²) in [5.74, 6) is 0.746. The topological polar surface area (TPSA) is 60.9 Å². The maximum atomic E-state index is 13.0. The number of amides is 2. The maximum Gasteiger partial charge on any atom is 0.257 e. The van der Waals surface area contributed by atoms with Gasteiger partial charge >= 0.3 is 0 Å². The van der Waals surface area contributed by atoms with Crippen molar-refractivity contribution < 1.29 is 14.7 Å². The van der Waals surface area contributed by atoms with E-state index in [9.17, 15) is 14.7 Å². The minimum absolute atomic E-state index is 0.00660. The van der Waals surface area contributed by atoms with Gasteiger partial charge < -0.3 is 14.9 Å². The summed E-state index contributed by atoms with van der Waals surface area (Å²) in [5, 5.41) is 10.2. The van der Waals surface area contributed by atoms with Crippen molar-refractivity contribution in [3.63, 3.8) is 0 Å². The first-order valence-electron chi connectivity index (χ1n) is 9.97. The summed E-state index contributed by atoms with van der Waals surface area (Å²) < 4.78 is 0. The van der Waals surface area contributed by atoms with Crippen LogP contribution in [-0.4, -0.2) is 52.9 Å². The molecule has 2 aromatic rings. The lowest BCUT2D eigenvalue weighted by atomic mass is 10.0. The summed E-state index contributed by atoms with van der Waals surface area (Å²) in [4.78, 5) is 29.0. The van der Waals surface area contributed by atoms with Crippen LogP contribution in [0.3, 0.4) is 0 Å². The fourth-order valence-corrected chi connectivity index (χ4v) is 3.90. The highest BCUT2D eigenvalue weighted by Crippen LogP contribution is 2.39. The van der Waals surface area contributed by atoms with Gasteiger partial charge in [-0.2, -0.15) is 0 Å². The van der Waals surface area contributed by atoms with Gasteiger partial charge in [0, 0.05) is 32.1 Å². The average molecular weight is 378 g/mol. The molecule has 1 saturated heterocycles. The molecule has 2 aliphatic rings. The van der Waals surface area contributed by atoms with Crippen molar-refractivity contribution in [2.75, 3.05) is 26.2 Å². The molecule has 0 bridgehead atoms. The van der Waals surface area contributed by atoms with E-state index >= 15 is 0 Å². The van der Waals surface area contributed by atoms with Crippen molar-refractivity contribution in [3.05, 3.63) is 65.2 Å². The van der Waals surface area contributed by atoms with Gasteiger partial charge in [0.25, 0.3) is 5.91 Å². The first-order valence-corrected chi connectivity index (χ1v) is 9.97. The molecule has 0 aromatic heterocycles. The van der Waals surface area contributed by atoms with Crippen LogP contribution in [0.5, 0.6) is 5.75 Å². The lowest BCUT2D eigenvalue weighted by molar-refractivity contribution is -0.134. The van der Waals surface area contributed by atoms with Crippen molar-refractivity contribution in [1.29, 1.82) is 0 Å². The van der Waals surface area contributed by atoms with Crippen molar-refractivity contribution in [2.24, 2.45) is 11.8 Å². The molecule has 28 heavy (non-hydrogen) atoms. The lowest BCUT2D eigenvalue weighted by Gasteiger charge is -2.35. The number of piperazine rings is 1. The molecule has 5 heteroatoms. The molecule has 2 fully saturated rings. The molecule has 0 spiro atoms. The standard InChI is InChI=1S/C23H26N2O3/c1-16-13-19(16)22(27)24-9-11-25(12-10-24)23(28)20-15-18(7-8-21(20)26)14-17-5-3-2-4-6-17/h2-8,15-16,19,26H,9-14H2,1H3/t16-,19-/m0/s1. The molecule has 1 aliphatic heterocycles. The largest absolute Gasteiger partial charge is 0.507 e. The molecule has 4 rings (SSSR count). The molecule has 1 saturated carbocycles. The Balaban J connectivity index is 1.42. The fourth-order valence-electron chi connectivity index (χ4n) is 3.90. The Morgan fingerprint density at radius 1 is 0.964 bits per heavy atom. The van der Waals surface area contributed by atoms with Crippen LogP contribution in [-0.2, 0) is 11.2 Å². The molecule has 0 unspecified atom stereocenters. The van der Waals surface area contributed by atoms with Crippen LogP contribution in [0.2, 0.25) is 0 Å². The Hall–Kier alpha value is -2.82. The zero-order chi connectivity index (χ0) is 19.7. The number of rotatable bonds is 4. The smallest absolute Gasteiger partial charge is 0.257 e. The number of nitrogens with zero attached hydrogens (tertiary/aromatic N) is 2. The highest BCUT2D eigenvalue weighted by Gasteiger charge is 2.42. The van der Waals surface area contributed by atoms with E-state index in [2.05, 4.69) is 6.92 Å². The Morgan fingerprint density at radius 2 is 1.61 bits per heavy atom. The molecule has 2 aromatic carbocycles. The second-order valence-corrected chi connectivity index (χ2v) is 7.95. The Labute approximate surface area is 165 Å². The van der Waals surface area contributed by atoms with Crippen LogP contribution < -0.4 is 0 Å². The molecule has 1 heterocycles. The number of carbonyl (C=O) groups excluding carboxylic acids is 2. The Morgan fingerprint density at radius 3 is 2.25 bits per heavy atom. The van der Waals surface area contributed by atoms with Gasteiger partial charge in [-0.05, 0) is 42.0 Å². The van der Waals surface area contributed by atoms with E-state index in [1.807, 2.05) is 41.3 Å². The molecule has 1 aliphatic carbocycles. The van der Waals surface area contributed by atoms with Gasteiger partial charge in [0.15, 0.2) is 0 Å². The van der Waals surface area contributed by atoms with Crippen LogP contribution in [0, 0.1) is 11.8 Å². The first-order chi connectivity index (χ1) is 13.5. The van der Waals surface area contributed by atoms with Crippen LogP contribution in [0.25, 0.3) is 0 Å². The van der Waals surface area contributed by atoms with Crippen LogP contribution >= 0.6 is 0 Å². The first kappa shape index (κ1) is 18.5. The van der Waals surface area contributed by atoms with Gasteiger partial charge in [-0.1, -0.05) is 43.3 Å². The second-order valence-electron chi connectivity index (χ2n) is 7.95. The number of phenols is 1. The third-order valence-corrected chi connectivity index (χ3v) is 5.85. The number of carbonyl (C=O) groups is 2. The summed E-state index contributed by atoms with van der Waals surface area (Å²) in [5.41, 5.74) is 2.49. The fraction of sp³-hybridized carbons (Fsp3) is 0.391. The summed E-state index contributed by atoms with van der Waals surface area (Å²) >= 11 is 0. The molecule has 1 N–H and O–H groups in total. The second kappa shape index (κ2) is 7.66. The zero-order valence-electron chi connectivity index (χ0n) is 16.2. The predicted molar refractivity (Wildman–Crippen MR) is 107 cm³/mol. The van der Waals surface area contributed by atoms with Gasteiger partial charge in [0.05, 0.1) is 5.56 Å². The summed E-state index contributed by atoms with van der Waals surface area (Å²) in [6.07, 6.45) is 1.70. The number of phenolic OH excluding ortho intramolecular Hbond substituents is 1. The minimum Gasteiger partial charge on any atom is -0.507 e. The SMILES string of the molecule is C[C@H]1C[C@@H]1C(=O)N1CCN(C(=O)c2cc(Cc3ccccc3)ccc2O)CC1. The highest BCUT2D eigenvalue weighted by molar-refractivity contribution is 5.97. The molecular formula is C23H26N2O3. The van der Waals surface area contributed by atoms with E-state index in [-0.39, 0.29) is 23.5 Å². The summed E-state index contributed by atoms with van der Waals surface area (Å²) in [6.45, 7) is 4.26.